The molecular formula is C6H18O9P2. The summed E-state index contributed by atoms with van der Waals surface area (Å²) in [7, 11) is -5.22. The third kappa shape index (κ3) is 9.12. The van der Waals surface area contributed by atoms with Crippen molar-refractivity contribution in [2.24, 2.45) is 5.41 Å². The molecule has 0 aliphatic heterocycles. The van der Waals surface area contributed by atoms with Gasteiger partial charge in [0, 0.05) is 0 Å². The highest BCUT2D eigenvalue weighted by Crippen LogP contribution is 2.41. The Labute approximate surface area is 101 Å². The van der Waals surface area contributed by atoms with E-state index in [1.165, 1.54) is 6.92 Å². The first kappa shape index (κ1) is 19.8. The van der Waals surface area contributed by atoms with Gasteiger partial charge in [-0.1, -0.05) is 0 Å². The largest absolute Gasteiger partial charge is 0.396 e. The van der Waals surface area contributed by atoms with E-state index in [2.05, 4.69) is 4.31 Å². The Kier molecular flexibility index (Phi) is 12.2. The van der Waals surface area contributed by atoms with E-state index in [9.17, 15) is 0 Å². The molecule has 0 aromatic carbocycles. The smallest absolute Gasteiger partial charge is 0.334 e. The van der Waals surface area contributed by atoms with Gasteiger partial charge in [0.25, 0.3) is 0 Å². The van der Waals surface area contributed by atoms with Crippen molar-refractivity contribution in [3.63, 3.8) is 0 Å². The fourth-order valence-corrected chi connectivity index (χ4v) is 1.13. The van der Waals surface area contributed by atoms with E-state index >= 15 is 0 Å². The average molecular weight is 296 g/mol. The lowest BCUT2D eigenvalue weighted by Crippen LogP contribution is -2.43. The highest BCUT2D eigenvalue weighted by atomic mass is 31.2. The summed E-state index contributed by atoms with van der Waals surface area (Å²) >= 11 is 0. The minimum Gasteiger partial charge on any atom is -0.396 e. The van der Waals surface area contributed by atoms with Crippen molar-refractivity contribution in [1.82, 2.24) is 0 Å². The molecule has 17 heavy (non-hydrogen) atoms. The molecule has 1 unspecified atom stereocenters. The van der Waals surface area contributed by atoms with Gasteiger partial charge in [0.2, 0.25) is 0 Å². The van der Waals surface area contributed by atoms with Crippen LogP contribution in [0.4, 0.5) is 0 Å². The number of aliphatic hydroxyl groups excluding tert-OH is 4. The zero-order valence-electron chi connectivity index (χ0n) is 9.08. The minimum atomic E-state index is -2.61. The van der Waals surface area contributed by atoms with Gasteiger partial charge < -0.3 is 40.0 Å². The Morgan fingerprint density at radius 3 is 1.24 bits per heavy atom. The Morgan fingerprint density at radius 1 is 0.941 bits per heavy atom. The highest BCUT2D eigenvalue weighted by molar-refractivity contribution is 7.53. The lowest BCUT2D eigenvalue weighted by Gasteiger charge is -2.30. The molecule has 0 aliphatic rings. The van der Waals surface area contributed by atoms with Gasteiger partial charge in [-0.2, -0.15) is 0 Å². The van der Waals surface area contributed by atoms with E-state index in [0.717, 1.165) is 0 Å². The maximum absolute atomic E-state index is 8.98. The second-order valence-electron chi connectivity index (χ2n) is 3.10. The molecule has 0 saturated carbocycles. The predicted octanol–water partition coefficient (Wildman–Crippen LogP) is -2.24. The summed E-state index contributed by atoms with van der Waals surface area (Å²) in [5, 5.41) is 35.0. The van der Waals surface area contributed by atoms with Crippen LogP contribution in [-0.4, -0.2) is 65.9 Å². The highest BCUT2D eigenvalue weighted by Gasteiger charge is 2.33. The zero-order valence-corrected chi connectivity index (χ0v) is 10.9. The van der Waals surface area contributed by atoms with Gasteiger partial charge in [-0.3, -0.25) is 0 Å². The molecule has 106 valence electrons. The SMILES string of the molecule is CC(O)C(CO)(CO)CO.OP(O)OP(O)O. The molecule has 0 heterocycles. The zero-order chi connectivity index (χ0) is 14.1. The van der Waals surface area contributed by atoms with Gasteiger partial charge in [-0.25, -0.2) is 4.31 Å². The monoisotopic (exact) mass is 296 g/mol. The van der Waals surface area contributed by atoms with Gasteiger partial charge >= 0.3 is 17.2 Å². The van der Waals surface area contributed by atoms with Crippen molar-refractivity contribution in [2.75, 3.05) is 19.8 Å². The van der Waals surface area contributed by atoms with Crippen LogP contribution in [0.5, 0.6) is 0 Å². The molecular weight excluding hydrogens is 278 g/mol. The fourth-order valence-electron chi connectivity index (χ4n) is 0.612. The first-order chi connectivity index (χ1) is 7.75. The van der Waals surface area contributed by atoms with Gasteiger partial charge in [-0.05, 0) is 6.92 Å². The summed E-state index contributed by atoms with van der Waals surface area (Å²) < 4.78 is 3.60. The molecule has 0 amide bonds. The third-order valence-corrected chi connectivity index (χ3v) is 3.15. The normalized spacial score (nSPS) is 13.6. The summed E-state index contributed by atoms with van der Waals surface area (Å²) in [6.45, 7) is 0.162. The van der Waals surface area contributed by atoms with Crippen LogP contribution in [0.1, 0.15) is 6.92 Å². The average Bonchev–Trinajstić information content (AvgIpc) is 2.19. The summed E-state index contributed by atoms with van der Waals surface area (Å²) in [6, 6.07) is 0. The van der Waals surface area contributed by atoms with E-state index < -0.39 is 48.5 Å². The number of rotatable bonds is 6. The number of hydrogen-bond donors (Lipinski definition) is 8. The maximum atomic E-state index is 8.98. The summed E-state index contributed by atoms with van der Waals surface area (Å²) in [6.07, 6.45) is -0.910. The van der Waals surface area contributed by atoms with Crippen LogP contribution >= 0.6 is 17.2 Å². The standard InChI is InChI=1S/C6H14O4.H4O5P2/c1-5(10)6(2-7,3-8)4-9;1-6(2)5-7(3)4/h5,7-10H,2-4H2,1H3;1-4H. The first-order valence-corrected chi connectivity index (χ1v) is 6.63. The molecule has 0 rings (SSSR count). The van der Waals surface area contributed by atoms with Crippen LogP contribution in [0.2, 0.25) is 0 Å². The van der Waals surface area contributed by atoms with Gasteiger partial charge in [0.05, 0.1) is 31.3 Å². The molecule has 1 atom stereocenters. The molecule has 0 fully saturated rings. The molecule has 0 aromatic rings. The lowest BCUT2D eigenvalue weighted by molar-refractivity contribution is -0.0750. The van der Waals surface area contributed by atoms with Crippen molar-refractivity contribution in [1.29, 1.82) is 0 Å². The van der Waals surface area contributed by atoms with Crippen molar-refractivity contribution in [3.05, 3.63) is 0 Å². The van der Waals surface area contributed by atoms with Crippen molar-refractivity contribution in [3.8, 4) is 0 Å². The van der Waals surface area contributed by atoms with Crippen LogP contribution in [-0.2, 0) is 4.31 Å². The molecule has 0 saturated heterocycles. The van der Waals surface area contributed by atoms with Crippen LogP contribution in [0.3, 0.4) is 0 Å². The van der Waals surface area contributed by atoms with E-state index in [1.54, 1.807) is 0 Å². The van der Waals surface area contributed by atoms with E-state index in [1.807, 2.05) is 0 Å². The van der Waals surface area contributed by atoms with Crippen LogP contribution in [0.15, 0.2) is 0 Å². The Hall–Kier alpha value is 0.500. The Morgan fingerprint density at radius 2 is 1.24 bits per heavy atom. The summed E-state index contributed by atoms with van der Waals surface area (Å²) in [4.78, 5) is 31.3. The molecule has 0 radical (unpaired) electrons. The second-order valence-corrected chi connectivity index (χ2v) is 4.76. The Bertz CT molecular complexity index is 159. The number of aliphatic hydroxyl groups is 4. The van der Waals surface area contributed by atoms with E-state index in [4.69, 9.17) is 40.0 Å². The molecule has 0 spiro atoms. The maximum Gasteiger partial charge on any atom is 0.334 e. The van der Waals surface area contributed by atoms with E-state index in [-0.39, 0.29) is 0 Å². The molecule has 9 nitrogen and oxygen atoms in total. The summed E-state index contributed by atoms with van der Waals surface area (Å²) in [5.41, 5.74) is -1.15. The quantitative estimate of drug-likeness (QED) is 0.252. The molecule has 0 aromatic heterocycles. The molecule has 11 heteroatoms. The minimum absolute atomic E-state index is 0.419. The van der Waals surface area contributed by atoms with Crippen LogP contribution in [0.25, 0.3) is 0 Å². The predicted molar refractivity (Wildman–Crippen MR) is 59.2 cm³/mol. The van der Waals surface area contributed by atoms with Crippen molar-refractivity contribution < 1.29 is 44.3 Å². The van der Waals surface area contributed by atoms with Crippen LogP contribution < -0.4 is 0 Å². The van der Waals surface area contributed by atoms with Gasteiger partial charge in [0.15, 0.2) is 0 Å². The van der Waals surface area contributed by atoms with E-state index in [0.29, 0.717) is 0 Å². The van der Waals surface area contributed by atoms with Gasteiger partial charge in [0.1, 0.15) is 0 Å². The Balaban J connectivity index is 0. The summed E-state index contributed by atoms with van der Waals surface area (Å²) in [5.74, 6) is 0. The van der Waals surface area contributed by atoms with Crippen molar-refractivity contribution in [2.45, 2.75) is 13.0 Å². The molecule has 0 aliphatic carbocycles. The van der Waals surface area contributed by atoms with Crippen molar-refractivity contribution >= 4 is 17.2 Å². The topological polar surface area (TPSA) is 171 Å². The molecule has 0 bridgehead atoms. The molecule has 8 N–H and O–H groups in total. The number of hydrogen-bond acceptors (Lipinski definition) is 9. The third-order valence-electron chi connectivity index (χ3n) is 1.98. The second kappa shape index (κ2) is 10.4. The van der Waals surface area contributed by atoms with Gasteiger partial charge in [-0.15, -0.1) is 0 Å². The fraction of sp³-hybridized carbons (Fsp3) is 1.00. The van der Waals surface area contributed by atoms with Crippen LogP contribution in [0, 0.1) is 5.41 Å². The first-order valence-electron chi connectivity index (χ1n) is 4.30. The lowest BCUT2D eigenvalue weighted by atomic mass is 9.86.